The number of aromatic nitrogens is 3. The van der Waals surface area contributed by atoms with Gasteiger partial charge >= 0.3 is 6.03 Å². The third-order valence-electron chi connectivity index (χ3n) is 6.21. The van der Waals surface area contributed by atoms with Gasteiger partial charge in [-0.15, -0.1) is 0 Å². The SMILES string of the molecule is O=C(Nc1cnn2ccc(N3CCCC3c3cc(F)ccc3Cl)nc12)N1CCC(O)CC1. The Morgan fingerprint density at radius 3 is 2.81 bits per heavy atom. The maximum atomic E-state index is 13.9. The summed E-state index contributed by atoms with van der Waals surface area (Å²) in [5, 5.41) is 17.4. The molecule has 1 aromatic carbocycles. The summed E-state index contributed by atoms with van der Waals surface area (Å²) in [5.41, 5.74) is 1.80. The second-order valence-electron chi connectivity index (χ2n) is 8.28. The highest BCUT2D eigenvalue weighted by Crippen LogP contribution is 2.38. The molecule has 168 valence electrons. The second-order valence-corrected chi connectivity index (χ2v) is 8.68. The lowest BCUT2D eigenvalue weighted by Crippen LogP contribution is -2.42. The Labute approximate surface area is 189 Å². The van der Waals surface area contributed by atoms with Crippen molar-refractivity contribution in [3.63, 3.8) is 0 Å². The van der Waals surface area contributed by atoms with E-state index in [1.807, 2.05) is 6.07 Å². The number of rotatable bonds is 3. The minimum absolute atomic E-state index is 0.0751. The van der Waals surface area contributed by atoms with Gasteiger partial charge < -0.3 is 20.2 Å². The van der Waals surface area contributed by atoms with Gasteiger partial charge in [0.1, 0.15) is 17.3 Å². The molecule has 2 aliphatic heterocycles. The van der Waals surface area contributed by atoms with Gasteiger partial charge in [-0.05, 0) is 55.5 Å². The molecule has 0 saturated carbocycles. The summed E-state index contributed by atoms with van der Waals surface area (Å²) in [5.74, 6) is 0.406. The zero-order valence-electron chi connectivity index (χ0n) is 17.4. The number of fused-ring (bicyclic) bond motifs is 1. The number of nitrogens with zero attached hydrogens (tertiary/aromatic N) is 5. The number of anilines is 2. The lowest BCUT2D eigenvalue weighted by atomic mass is 10.0. The number of benzene rings is 1. The number of carbonyl (C=O) groups is 1. The van der Waals surface area contributed by atoms with Crippen molar-refractivity contribution in [1.29, 1.82) is 0 Å². The smallest absolute Gasteiger partial charge is 0.321 e. The van der Waals surface area contributed by atoms with Gasteiger partial charge in [-0.25, -0.2) is 18.7 Å². The van der Waals surface area contributed by atoms with E-state index in [1.54, 1.807) is 27.9 Å². The number of halogens is 2. The van der Waals surface area contributed by atoms with Crippen molar-refractivity contribution in [3.8, 4) is 0 Å². The maximum absolute atomic E-state index is 13.9. The largest absolute Gasteiger partial charge is 0.393 e. The van der Waals surface area contributed by atoms with Gasteiger partial charge in [0.15, 0.2) is 5.65 Å². The Bertz CT molecular complexity index is 1150. The van der Waals surface area contributed by atoms with Crippen LogP contribution < -0.4 is 10.2 Å². The maximum Gasteiger partial charge on any atom is 0.321 e. The number of aliphatic hydroxyl groups excluding tert-OH is 1. The molecule has 2 fully saturated rings. The Balaban J connectivity index is 1.41. The molecule has 1 atom stereocenters. The molecular weight excluding hydrogens is 435 g/mol. The average Bonchev–Trinajstić information content (AvgIpc) is 3.43. The van der Waals surface area contributed by atoms with Crippen molar-refractivity contribution in [1.82, 2.24) is 19.5 Å². The molecule has 2 saturated heterocycles. The molecule has 3 aromatic rings. The summed E-state index contributed by atoms with van der Waals surface area (Å²) >= 11 is 6.38. The van der Waals surface area contributed by atoms with Crippen LogP contribution in [0.1, 0.15) is 37.3 Å². The van der Waals surface area contributed by atoms with E-state index in [4.69, 9.17) is 16.6 Å². The van der Waals surface area contributed by atoms with E-state index < -0.39 is 0 Å². The quantitative estimate of drug-likeness (QED) is 0.622. The number of amides is 2. The summed E-state index contributed by atoms with van der Waals surface area (Å²) in [7, 11) is 0. The summed E-state index contributed by atoms with van der Waals surface area (Å²) < 4.78 is 15.5. The molecule has 1 unspecified atom stereocenters. The van der Waals surface area contributed by atoms with E-state index in [2.05, 4.69) is 15.3 Å². The molecule has 2 aromatic heterocycles. The van der Waals surface area contributed by atoms with Crippen molar-refractivity contribution in [2.75, 3.05) is 29.9 Å². The molecule has 2 aliphatic rings. The van der Waals surface area contributed by atoms with E-state index in [1.165, 1.54) is 12.1 Å². The Morgan fingerprint density at radius 2 is 2.00 bits per heavy atom. The van der Waals surface area contributed by atoms with Gasteiger partial charge in [-0.1, -0.05) is 11.6 Å². The predicted molar refractivity (Wildman–Crippen MR) is 120 cm³/mol. The fraction of sp³-hybridized carbons (Fsp3) is 0.409. The van der Waals surface area contributed by atoms with Crippen LogP contribution in [0.4, 0.5) is 20.7 Å². The van der Waals surface area contributed by atoms with E-state index in [-0.39, 0.29) is 24.0 Å². The van der Waals surface area contributed by atoms with Crippen LogP contribution in [0.2, 0.25) is 5.02 Å². The van der Waals surface area contributed by atoms with Crippen LogP contribution in [0.5, 0.6) is 0 Å². The molecule has 2 amide bonds. The summed E-state index contributed by atoms with van der Waals surface area (Å²) in [6.45, 7) is 1.79. The Hall–Kier alpha value is -2.91. The van der Waals surface area contributed by atoms with Crippen molar-refractivity contribution in [2.45, 2.75) is 37.8 Å². The lowest BCUT2D eigenvalue weighted by molar-refractivity contribution is 0.0972. The summed E-state index contributed by atoms with van der Waals surface area (Å²) in [6.07, 6.45) is 5.96. The number of likely N-dealkylation sites (tertiary alicyclic amines) is 1. The van der Waals surface area contributed by atoms with Gasteiger partial charge in [0.25, 0.3) is 0 Å². The third-order valence-corrected chi connectivity index (χ3v) is 6.56. The molecule has 0 aliphatic carbocycles. The Kier molecular flexibility index (Phi) is 5.60. The predicted octanol–water partition coefficient (Wildman–Crippen LogP) is 3.85. The van der Waals surface area contributed by atoms with Crippen LogP contribution in [-0.2, 0) is 0 Å². The van der Waals surface area contributed by atoms with Crippen molar-refractivity contribution < 1.29 is 14.3 Å². The minimum atomic E-state index is -0.347. The number of piperidine rings is 1. The highest BCUT2D eigenvalue weighted by atomic mass is 35.5. The van der Waals surface area contributed by atoms with Gasteiger partial charge in [-0.3, -0.25) is 0 Å². The van der Waals surface area contributed by atoms with E-state index in [0.717, 1.165) is 30.8 Å². The molecule has 4 heterocycles. The number of nitrogens with one attached hydrogen (secondary N) is 1. The van der Waals surface area contributed by atoms with Crippen molar-refractivity contribution in [3.05, 3.63) is 53.1 Å². The first kappa shape index (κ1) is 21.0. The van der Waals surface area contributed by atoms with Crippen LogP contribution in [0.3, 0.4) is 0 Å². The van der Waals surface area contributed by atoms with Gasteiger partial charge in [0.05, 0.1) is 18.3 Å². The van der Waals surface area contributed by atoms with E-state index in [9.17, 15) is 14.3 Å². The monoisotopic (exact) mass is 458 g/mol. The first-order valence-corrected chi connectivity index (χ1v) is 11.2. The fourth-order valence-electron chi connectivity index (χ4n) is 4.50. The van der Waals surface area contributed by atoms with E-state index >= 15 is 0 Å². The minimum Gasteiger partial charge on any atom is -0.393 e. The first-order chi connectivity index (χ1) is 15.5. The highest BCUT2D eigenvalue weighted by Gasteiger charge is 2.30. The van der Waals surface area contributed by atoms with Crippen LogP contribution >= 0.6 is 11.6 Å². The standard InChI is InChI=1S/C22H24ClFN6O2/c23-17-4-3-14(24)12-16(17)19-2-1-8-29(19)20-7-11-30-21(27-20)18(13-25-30)26-22(32)28-9-5-15(31)6-10-28/h3-4,7,11-13,15,19,31H,1-2,5-6,8-10H2,(H,26,32). The van der Waals surface area contributed by atoms with Crippen LogP contribution in [0.25, 0.3) is 5.65 Å². The normalized spacial score (nSPS) is 19.7. The molecule has 8 nitrogen and oxygen atoms in total. The zero-order chi connectivity index (χ0) is 22.2. The zero-order valence-corrected chi connectivity index (χ0v) is 18.2. The molecular formula is C22H24ClFN6O2. The number of urea groups is 1. The first-order valence-electron chi connectivity index (χ1n) is 10.8. The average molecular weight is 459 g/mol. The number of carbonyl (C=O) groups excluding carboxylic acids is 1. The number of hydrogen-bond acceptors (Lipinski definition) is 5. The molecule has 2 N–H and O–H groups in total. The topological polar surface area (TPSA) is 86.0 Å². The van der Waals surface area contributed by atoms with Crippen LogP contribution in [0, 0.1) is 5.82 Å². The molecule has 0 spiro atoms. The van der Waals surface area contributed by atoms with Gasteiger partial charge in [0.2, 0.25) is 0 Å². The summed E-state index contributed by atoms with van der Waals surface area (Å²) in [6, 6.07) is 5.99. The van der Waals surface area contributed by atoms with Crippen LogP contribution in [-0.4, -0.2) is 56.4 Å². The van der Waals surface area contributed by atoms with E-state index in [0.29, 0.717) is 42.3 Å². The van der Waals surface area contributed by atoms with Crippen molar-refractivity contribution >= 4 is 34.8 Å². The molecule has 5 rings (SSSR count). The summed E-state index contributed by atoms with van der Waals surface area (Å²) in [4.78, 5) is 21.2. The lowest BCUT2D eigenvalue weighted by Gasteiger charge is -2.29. The molecule has 0 bridgehead atoms. The van der Waals surface area contributed by atoms with Crippen molar-refractivity contribution in [2.24, 2.45) is 0 Å². The fourth-order valence-corrected chi connectivity index (χ4v) is 4.75. The number of hydrogen-bond donors (Lipinski definition) is 2. The second kappa shape index (κ2) is 8.55. The number of aliphatic hydroxyl groups is 1. The third kappa shape index (κ3) is 3.98. The highest BCUT2D eigenvalue weighted by molar-refractivity contribution is 6.31. The van der Waals surface area contributed by atoms with Gasteiger partial charge in [-0.2, -0.15) is 5.10 Å². The van der Waals surface area contributed by atoms with Crippen LogP contribution in [0.15, 0.2) is 36.7 Å². The van der Waals surface area contributed by atoms with Gasteiger partial charge in [0, 0.05) is 30.9 Å². The Morgan fingerprint density at radius 1 is 1.19 bits per heavy atom. The molecule has 0 radical (unpaired) electrons. The molecule has 10 heteroatoms. The molecule has 32 heavy (non-hydrogen) atoms.